The zero-order chi connectivity index (χ0) is 7.40. The minimum Gasteiger partial charge on any atom is -0.501 e. The van der Waals surface area contributed by atoms with Gasteiger partial charge in [0.1, 0.15) is 0 Å². The van der Waals surface area contributed by atoms with Gasteiger partial charge in [-0.1, -0.05) is 0 Å². The van der Waals surface area contributed by atoms with Crippen LogP contribution in [0.1, 0.15) is 13.3 Å². The molecule has 0 unspecified atom stereocenters. The Labute approximate surface area is 59.6 Å². The summed E-state index contributed by atoms with van der Waals surface area (Å²) in [5, 5.41) is 0. The molecule has 1 aliphatic rings. The molecule has 1 fully saturated rings. The summed E-state index contributed by atoms with van der Waals surface area (Å²) in [5.74, 6) is -0.242. The first-order chi connectivity index (χ1) is 4.84. The lowest BCUT2D eigenvalue weighted by Crippen LogP contribution is -1.95. The summed E-state index contributed by atoms with van der Waals surface area (Å²) in [6, 6.07) is 0. The molecule has 0 aromatic heterocycles. The highest BCUT2D eigenvalue weighted by molar-refractivity contribution is 5.89. The van der Waals surface area contributed by atoms with Crippen LogP contribution in [-0.4, -0.2) is 19.2 Å². The molecule has 3 nitrogen and oxygen atoms in total. The Kier molecular flexibility index (Phi) is 2.31. The number of ether oxygens (including phenoxy) is 2. The van der Waals surface area contributed by atoms with Gasteiger partial charge in [-0.25, -0.2) is 4.79 Å². The van der Waals surface area contributed by atoms with E-state index in [9.17, 15) is 4.79 Å². The third-order valence-electron chi connectivity index (χ3n) is 1.26. The maximum atomic E-state index is 10.7. The van der Waals surface area contributed by atoms with E-state index in [-0.39, 0.29) is 5.97 Å². The van der Waals surface area contributed by atoms with Gasteiger partial charge < -0.3 is 9.47 Å². The molecule has 0 saturated carbocycles. The minimum atomic E-state index is -0.242. The molecule has 10 heavy (non-hydrogen) atoms. The fraction of sp³-hybridized carbons (Fsp3) is 0.571. The highest BCUT2D eigenvalue weighted by atomic mass is 16.5. The summed E-state index contributed by atoms with van der Waals surface area (Å²) in [5.41, 5.74) is 0.641. The summed E-state index contributed by atoms with van der Waals surface area (Å²) < 4.78 is 9.60. The van der Waals surface area contributed by atoms with Gasteiger partial charge in [0.05, 0.1) is 25.0 Å². The van der Waals surface area contributed by atoms with Crippen LogP contribution < -0.4 is 0 Å². The molecule has 0 N–H and O–H groups in total. The van der Waals surface area contributed by atoms with Gasteiger partial charge in [0.15, 0.2) is 0 Å². The maximum absolute atomic E-state index is 10.7. The van der Waals surface area contributed by atoms with Crippen LogP contribution in [0.5, 0.6) is 0 Å². The van der Waals surface area contributed by atoms with E-state index in [4.69, 9.17) is 4.74 Å². The van der Waals surface area contributed by atoms with E-state index in [0.717, 1.165) is 0 Å². The first-order valence-corrected chi connectivity index (χ1v) is 3.32. The fourth-order valence-electron chi connectivity index (χ4n) is 0.739. The normalized spacial score (nSPS) is 21.3. The molecule has 0 amide bonds. The van der Waals surface area contributed by atoms with Crippen molar-refractivity contribution >= 4 is 5.97 Å². The zero-order valence-electron chi connectivity index (χ0n) is 5.92. The van der Waals surface area contributed by atoms with Crippen molar-refractivity contribution in [2.45, 2.75) is 13.3 Å². The van der Waals surface area contributed by atoms with E-state index in [0.29, 0.717) is 25.2 Å². The number of carbonyl (C=O) groups is 1. The molecule has 1 rings (SSSR count). The van der Waals surface area contributed by atoms with E-state index in [1.54, 1.807) is 0 Å². The van der Waals surface area contributed by atoms with Gasteiger partial charge in [-0.15, -0.1) is 0 Å². The van der Waals surface area contributed by atoms with Crippen LogP contribution in [0.2, 0.25) is 0 Å². The number of hydrogen-bond acceptors (Lipinski definition) is 3. The molecule has 0 aromatic rings. The number of carbonyl (C=O) groups excluding carboxylic acids is 1. The Bertz CT molecular complexity index is 160. The first kappa shape index (κ1) is 7.12. The molecule has 1 heterocycles. The molecule has 1 saturated heterocycles. The molecular weight excluding hydrogens is 132 g/mol. The lowest BCUT2D eigenvalue weighted by Gasteiger charge is -1.93. The third-order valence-corrected chi connectivity index (χ3v) is 1.26. The van der Waals surface area contributed by atoms with Gasteiger partial charge in [0, 0.05) is 6.42 Å². The van der Waals surface area contributed by atoms with Crippen LogP contribution in [0.3, 0.4) is 0 Å². The largest absolute Gasteiger partial charge is 0.501 e. The molecular formula is C7H10O3. The smallest absolute Gasteiger partial charge is 0.337 e. The standard InChI is InChI=1S/C7H10O3/c1-2-9-5-6-3-4-10-7(6)8/h5H,2-4H2,1H3/b6-5-. The van der Waals surface area contributed by atoms with Gasteiger partial charge in [0.25, 0.3) is 0 Å². The monoisotopic (exact) mass is 142 g/mol. The van der Waals surface area contributed by atoms with Crippen LogP contribution in [0.4, 0.5) is 0 Å². The Balaban J connectivity index is 2.46. The quantitative estimate of drug-likeness (QED) is 0.326. The van der Waals surface area contributed by atoms with Crippen LogP contribution in [-0.2, 0) is 14.3 Å². The van der Waals surface area contributed by atoms with Crippen molar-refractivity contribution < 1.29 is 14.3 Å². The SMILES string of the molecule is CCO/C=C1/CCOC1=O. The van der Waals surface area contributed by atoms with E-state index >= 15 is 0 Å². The summed E-state index contributed by atoms with van der Waals surface area (Å²) in [4.78, 5) is 10.7. The van der Waals surface area contributed by atoms with Gasteiger partial charge in [-0.05, 0) is 6.92 Å². The molecule has 1 aliphatic heterocycles. The molecule has 0 aliphatic carbocycles. The molecule has 3 heteroatoms. The molecule has 56 valence electrons. The lowest BCUT2D eigenvalue weighted by molar-refractivity contribution is -0.135. The van der Waals surface area contributed by atoms with E-state index in [2.05, 4.69) is 4.74 Å². The van der Waals surface area contributed by atoms with Crippen molar-refractivity contribution in [3.63, 3.8) is 0 Å². The van der Waals surface area contributed by atoms with Gasteiger partial charge >= 0.3 is 5.97 Å². The highest BCUT2D eigenvalue weighted by Gasteiger charge is 2.18. The van der Waals surface area contributed by atoms with Crippen molar-refractivity contribution in [1.82, 2.24) is 0 Å². The molecule has 0 spiro atoms. The van der Waals surface area contributed by atoms with Gasteiger partial charge in [-0.2, -0.15) is 0 Å². The molecule has 0 radical (unpaired) electrons. The Hall–Kier alpha value is -0.990. The summed E-state index contributed by atoms with van der Waals surface area (Å²) in [6.07, 6.45) is 2.16. The van der Waals surface area contributed by atoms with Crippen molar-refractivity contribution in [3.8, 4) is 0 Å². The predicted molar refractivity (Wildman–Crippen MR) is 35.3 cm³/mol. The Morgan fingerprint density at radius 2 is 2.60 bits per heavy atom. The van der Waals surface area contributed by atoms with Gasteiger partial charge in [-0.3, -0.25) is 0 Å². The molecule has 0 aromatic carbocycles. The minimum absolute atomic E-state index is 0.242. The zero-order valence-corrected chi connectivity index (χ0v) is 5.92. The second-order valence-electron chi connectivity index (χ2n) is 1.98. The average Bonchev–Trinajstić information content (AvgIpc) is 2.31. The van der Waals surface area contributed by atoms with E-state index in [1.807, 2.05) is 6.92 Å². The fourth-order valence-corrected chi connectivity index (χ4v) is 0.739. The number of cyclic esters (lactones) is 1. The first-order valence-electron chi connectivity index (χ1n) is 3.32. The van der Waals surface area contributed by atoms with Crippen molar-refractivity contribution in [2.75, 3.05) is 13.2 Å². The van der Waals surface area contributed by atoms with Crippen LogP contribution in [0.25, 0.3) is 0 Å². The molecule has 0 atom stereocenters. The second-order valence-corrected chi connectivity index (χ2v) is 1.98. The predicted octanol–water partition coefficient (Wildman–Crippen LogP) is 0.854. The highest BCUT2D eigenvalue weighted by Crippen LogP contribution is 2.12. The van der Waals surface area contributed by atoms with E-state index < -0.39 is 0 Å². The molecule has 0 bridgehead atoms. The Morgan fingerprint density at radius 3 is 3.10 bits per heavy atom. The van der Waals surface area contributed by atoms with Gasteiger partial charge in [0.2, 0.25) is 0 Å². The summed E-state index contributed by atoms with van der Waals surface area (Å²) in [6.45, 7) is 2.96. The number of esters is 1. The topological polar surface area (TPSA) is 35.5 Å². The number of rotatable bonds is 2. The van der Waals surface area contributed by atoms with Crippen LogP contribution in [0.15, 0.2) is 11.8 Å². The second kappa shape index (κ2) is 3.25. The summed E-state index contributed by atoms with van der Waals surface area (Å²) in [7, 11) is 0. The third kappa shape index (κ3) is 1.50. The van der Waals surface area contributed by atoms with Crippen molar-refractivity contribution in [3.05, 3.63) is 11.8 Å². The number of hydrogen-bond donors (Lipinski definition) is 0. The van der Waals surface area contributed by atoms with E-state index in [1.165, 1.54) is 6.26 Å². The van der Waals surface area contributed by atoms with Crippen molar-refractivity contribution in [2.24, 2.45) is 0 Å². The average molecular weight is 142 g/mol. The van der Waals surface area contributed by atoms with Crippen molar-refractivity contribution in [1.29, 1.82) is 0 Å². The lowest BCUT2D eigenvalue weighted by atomic mass is 10.3. The van der Waals surface area contributed by atoms with Crippen LogP contribution >= 0.6 is 0 Å². The Morgan fingerprint density at radius 1 is 1.80 bits per heavy atom. The maximum Gasteiger partial charge on any atom is 0.337 e. The van der Waals surface area contributed by atoms with Crippen LogP contribution in [0, 0.1) is 0 Å². The summed E-state index contributed by atoms with van der Waals surface area (Å²) >= 11 is 0.